The number of nitrogens with one attached hydrogen (secondary N) is 2. The second kappa shape index (κ2) is 11.8. The van der Waals surface area contributed by atoms with Gasteiger partial charge >= 0.3 is 11.8 Å². The number of aromatic amines is 2. The molecule has 14 heteroatoms. The van der Waals surface area contributed by atoms with Gasteiger partial charge in [0.25, 0.3) is 5.56 Å². The first-order chi connectivity index (χ1) is 18.5. The Kier molecular flexibility index (Phi) is 9.39. The third-order valence-corrected chi connectivity index (χ3v) is 17.6. The van der Waals surface area contributed by atoms with Gasteiger partial charge in [0.2, 0.25) is 11.8 Å². The van der Waals surface area contributed by atoms with E-state index in [-0.39, 0.29) is 16.7 Å². The average molecular weight is 630 g/mol. The van der Waals surface area contributed by atoms with E-state index in [0.717, 1.165) is 18.4 Å². The van der Waals surface area contributed by atoms with Crippen LogP contribution in [0.5, 0.6) is 0 Å². The number of imidazole rings is 1. The summed E-state index contributed by atoms with van der Waals surface area (Å²) in [6.45, 7) is 19.4. The van der Waals surface area contributed by atoms with Crippen LogP contribution in [-0.4, -0.2) is 62.6 Å². The molecule has 0 radical (unpaired) electrons. The third kappa shape index (κ3) is 6.72. The Hall–Kier alpha value is -1.18. The minimum atomic E-state index is -2.07. The van der Waals surface area contributed by atoms with Crippen LogP contribution in [0.15, 0.2) is 28.1 Å². The SMILES string of the molecule is C=C(C)[C@H]1CC[C@@](C)(S[P+](=S)O[C@H]2C[C@H](n3cnc4c(=O)[nH]c(=O)[nH]c43)O[C@@H]2CO[Si](C)(C)C(C)(C)C)[C@H](O)C1. The van der Waals surface area contributed by atoms with Crippen molar-refractivity contribution >= 4 is 48.8 Å². The molecule has 0 amide bonds. The van der Waals surface area contributed by atoms with Gasteiger partial charge in [-0.2, -0.15) is 4.52 Å². The lowest BCUT2D eigenvalue weighted by molar-refractivity contribution is -0.0347. The molecule has 1 unspecified atom stereocenters. The van der Waals surface area contributed by atoms with E-state index in [1.165, 1.54) is 6.33 Å². The Morgan fingerprint density at radius 3 is 2.70 bits per heavy atom. The highest BCUT2D eigenvalue weighted by Gasteiger charge is 2.49. The van der Waals surface area contributed by atoms with Crippen molar-refractivity contribution in [3.05, 3.63) is 39.3 Å². The maximum absolute atomic E-state index is 12.2. The standard InChI is InChI=1S/C26H41N4O6PS2Si/c1-15(2)16-9-10-26(6,19(31)11-16)39-37(38)36-17-12-20(35-18(17)13-34-40(7,8)25(3,4)5)30-14-27-21-22(30)28-24(33)29-23(21)32/h14,16-20,31H,1,9-13H2,2-8H3,(H-,28,29,32,33)/p+1/t16-,17-,18+,19+,20+,26+/m0/s1. The van der Waals surface area contributed by atoms with E-state index in [0.29, 0.717) is 31.0 Å². The number of fused-ring (bicyclic) bond motifs is 1. The zero-order valence-electron chi connectivity index (χ0n) is 24.4. The first-order valence-corrected chi connectivity index (χ1v) is 20.3. The van der Waals surface area contributed by atoms with Gasteiger partial charge in [-0.1, -0.05) is 32.9 Å². The maximum Gasteiger partial charge on any atom is 0.415 e. The van der Waals surface area contributed by atoms with Gasteiger partial charge in [-0.25, -0.2) is 9.78 Å². The monoisotopic (exact) mass is 629 g/mol. The molecular formula is C26H42N4O6PS2Si+. The van der Waals surface area contributed by atoms with Crippen molar-refractivity contribution in [2.75, 3.05) is 6.61 Å². The largest absolute Gasteiger partial charge is 0.415 e. The molecule has 0 aromatic carbocycles. The molecule has 222 valence electrons. The van der Waals surface area contributed by atoms with Crippen molar-refractivity contribution in [1.29, 1.82) is 0 Å². The molecule has 7 atom stereocenters. The Morgan fingerprint density at radius 2 is 2.08 bits per heavy atom. The molecule has 1 aliphatic carbocycles. The first-order valence-electron chi connectivity index (χ1n) is 13.7. The molecule has 0 bridgehead atoms. The van der Waals surface area contributed by atoms with Crippen LogP contribution in [-0.2, 0) is 25.5 Å². The quantitative estimate of drug-likeness (QED) is 0.197. The summed E-state index contributed by atoms with van der Waals surface area (Å²) in [5.74, 6) is 0.325. The highest BCUT2D eigenvalue weighted by atomic mass is 32.9. The van der Waals surface area contributed by atoms with E-state index < -0.39 is 48.9 Å². The van der Waals surface area contributed by atoms with Crippen LogP contribution in [0.25, 0.3) is 11.2 Å². The molecule has 2 aromatic rings. The minimum absolute atomic E-state index is 0.0241. The van der Waals surface area contributed by atoms with Gasteiger partial charge in [0, 0.05) is 6.42 Å². The summed E-state index contributed by atoms with van der Waals surface area (Å²) in [5, 5.41) is 11.0. The minimum Gasteiger partial charge on any atom is -0.414 e. The normalized spacial score (nSPS) is 30.1. The van der Waals surface area contributed by atoms with Crippen molar-refractivity contribution in [2.45, 2.75) is 108 Å². The number of aliphatic hydroxyl groups excluding tert-OH is 1. The molecule has 1 aliphatic heterocycles. The van der Waals surface area contributed by atoms with Crippen LogP contribution in [0.3, 0.4) is 0 Å². The van der Waals surface area contributed by atoms with Crippen molar-refractivity contribution in [3.8, 4) is 0 Å². The third-order valence-electron chi connectivity index (χ3n) is 8.78. The Morgan fingerprint density at radius 1 is 1.38 bits per heavy atom. The molecule has 3 heterocycles. The number of aliphatic hydroxyl groups is 1. The van der Waals surface area contributed by atoms with E-state index in [2.05, 4.69) is 62.3 Å². The van der Waals surface area contributed by atoms with E-state index in [4.69, 9.17) is 25.5 Å². The van der Waals surface area contributed by atoms with E-state index in [9.17, 15) is 14.7 Å². The van der Waals surface area contributed by atoms with Gasteiger partial charge < -0.3 is 14.3 Å². The molecule has 3 N–H and O–H groups in total. The van der Waals surface area contributed by atoms with Gasteiger partial charge in [0.05, 0.1) is 23.8 Å². The summed E-state index contributed by atoms with van der Waals surface area (Å²) < 4.78 is 20.7. The van der Waals surface area contributed by atoms with Crippen LogP contribution >= 0.6 is 17.5 Å². The number of hydrogen-bond donors (Lipinski definition) is 3. The second-order valence-corrected chi connectivity index (χ2v) is 22.6. The summed E-state index contributed by atoms with van der Waals surface area (Å²) in [6.07, 6.45) is 1.24. The lowest BCUT2D eigenvalue weighted by Gasteiger charge is -2.38. The number of H-pyrrole nitrogens is 2. The van der Waals surface area contributed by atoms with Crippen LogP contribution in [0.4, 0.5) is 0 Å². The number of ether oxygens (including phenoxy) is 1. The van der Waals surface area contributed by atoms with Gasteiger partial charge in [-0.3, -0.25) is 19.3 Å². The van der Waals surface area contributed by atoms with Gasteiger partial charge in [-0.05, 0) is 57.2 Å². The molecule has 1 saturated heterocycles. The van der Waals surface area contributed by atoms with Crippen molar-refractivity contribution in [1.82, 2.24) is 19.5 Å². The predicted octanol–water partition coefficient (Wildman–Crippen LogP) is 5.11. The summed E-state index contributed by atoms with van der Waals surface area (Å²) in [6, 6.07) is 0. The molecule has 0 spiro atoms. The highest BCUT2D eigenvalue weighted by molar-refractivity contribution is 8.63. The Bertz CT molecular complexity index is 1390. The topological polar surface area (TPSA) is 131 Å². The second-order valence-electron chi connectivity index (χ2n) is 12.8. The van der Waals surface area contributed by atoms with Crippen LogP contribution in [0.2, 0.25) is 18.1 Å². The van der Waals surface area contributed by atoms with Gasteiger partial charge in [0.1, 0.15) is 35.5 Å². The highest BCUT2D eigenvalue weighted by Crippen LogP contribution is 2.56. The van der Waals surface area contributed by atoms with E-state index in [1.54, 1.807) is 15.9 Å². The van der Waals surface area contributed by atoms with E-state index >= 15 is 0 Å². The molecular weight excluding hydrogens is 588 g/mol. The van der Waals surface area contributed by atoms with Crippen LogP contribution in [0.1, 0.15) is 66.5 Å². The van der Waals surface area contributed by atoms with Gasteiger partial charge in [-0.15, -0.1) is 0 Å². The Balaban J connectivity index is 1.53. The molecule has 2 aromatic heterocycles. The summed E-state index contributed by atoms with van der Waals surface area (Å²) >= 11 is 7.40. The predicted molar refractivity (Wildman–Crippen MR) is 166 cm³/mol. The van der Waals surface area contributed by atoms with Crippen molar-refractivity contribution < 1.29 is 18.8 Å². The summed E-state index contributed by atoms with van der Waals surface area (Å²) in [5.41, 5.74) is 0.372. The fourth-order valence-corrected chi connectivity index (χ4v) is 11.2. The van der Waals surface area contributed by atoms with Crippen molar-refractivity contribution in [2.24, 2.45) is 5.92 Å². The number of rotatable bonds is 9. The van der Waals surface area contributed by atoms with Gasteiger partial charge in [0.15, 0.2) is 13.8 Å². The molecule has 4 rings (SSSR count). The molecule has 10 nitrogen and oxygen atoms in total. The van der Waals surface area contributed by atoms with Crippen molar-refractivity contribution in [3.63, 3.8) is 0 Å². The van der Waals surface area contributed by atoms with E-state index in [1.807, 2.05) is 6.92 Å². The van der Waals surface area contributed by atoms with Crippen LogP contribution < -0.4 is 11.2 Å². The fraction of sp³-hybridized carbons (Fsp3) is 0.731. The Labute approximate surface area is 246 Å². The fourth-order valence-electron chi connectivity index (χ4n) is 4.93. The first kappa shape index (κ1) is 31.7. The zero-order chi connectivity index (χ0) is 29.6. The maximum atomic E-state index is 12.2. The summed E-state index contributed by atoms with van der Waals surface area (Å²) in [7, 11) is -2.07. The molecule has 40 heavy (non-hydrogen) atoms. The zero-order valence-corrected chi connectivity index (χ0v) is 27.9. The van der Waals surface area contributed by atoms with Crippen LogP contribution in [0, 0.1) is 5.92 Å². The number of hydrogen-bond acceptors (Lipinski definition) is 9. The number of allylic oxidation sites excluding steroid dienone is 1. The number of nitrogens with zero attached hydrogens (tertiary/aromatic N) is 2. The summed E-state index contributed by atoms with van der Waals surface area (Å²) in [4.78, 5) is 33.3. The average Bonchev–Trinajstić information content (AvgIpc) is 3.42. The number of aromatic nitrogens is 4. The molecule has 2 aliphatic rings. The molecule has 2 fully saturated rings. The lowest BCUT2D eigenvalue weighted by atomic mass is 9.77. The lowest BCUT2D eigenvalue weighted by Crippen LogP contribution is -2.44. The molecule has 1 saturated carbocycles. The smallest absolute Gasteiger partial charge is 0.414 e.